The highest BCUT2D eigenvalue weighted by molar-refractivity contribution is 6.00. The van der Waals surface area contributed by atoms with Crippen LogP contribution in [0.15, 0.2) is 24.3 Å². The van der Waals surface area contributed by atoms with Crippen LogP contribution in [-0.2, 0) is 9.59 Å². The van der Waals surface area contributed by atoms with Crippen molar-refractivity contribution in [2.75, 3.05) is 39.3 Å². The van der Waals surface area contributed by atoms with Gasteiger partial charge in [-0.1, -0.05) is 32.6 Å². The SMILES string of the molecule is CCCCN1C(=O)[C@@H]([C@H](O)C2CCCCC2)NC(=O)C12CCN(CCCCOc1ccc(C(=O)NCC(F)(F)F)cc1)CC2. The zero-order chi connectivity index (χ0) is 31.7. The van der Waals surface area contributed by atoms with Crippen LogP contribution in [0.3, 0.4) is 0 Å². The third-order valence-electron chi connectivity index (χ3n) is 9.35. The molecule has 1 aliphatic carbocycles. The first-order valence-electron chi connectivity index (χ1n) is 16.1. The highest BCUT2D eigenvalue weighted by atomic mass is 19.4. The van der Waals surface area contributed by atoms with Gasteiger partial charge in [-0.25, -0.2) is 0 Å². The predicted molar refractivity (Wildman–Crippen MR) is 159 cm³/mol. The van der Waals surface area contributed by atoms with Gasteiger partial charge in [0.2, 0.25) is 11.8 Å². The van der Waals surface area contributed by atoms with Gasteiger partial charge in [0.15, 0.2) is 0 Å². The number of aliphatic hydroxyl groups excluding tert-OH is 1. The van der Waals surface area contributed by atoms with Crippen molar-refractivity contribution >= 4 is 17.7 Å². The number of carbonyl (C=O) groups is 3. The van der Waals surface area contributed by atoms with Crippen molar-refractivity contribution in [1.82, 2.24) is 20.4 Å². The molecule has 3 amide bonds. The molecule has 12 heteroatoms. The Labute approximate surface area is 257 Å². The number of nitrogens with one attached hydrogen (secondary N) is 2. The van der Waals surface area contributed by atoms with E-state index in [-0.39, 0.29) is 23.3 Å². The van der Waals surface area contributed by atoms with Crippen LogP contribution in [0.5, 0.6) is 5.75 Å². The molecule has 0 unspecified atom stereocenters. The third kappa shape index (κ3) is 8.65. The van der Waals surface area contributed by atoms with Crippen molar-refractivity contribution in [3.63, 3.8) is 0 Å². The number of amides is 3. The van der Waals surface area contributed by atoms with Gasteiger partial charge in [0.25, 0.3) is 5.91 Å². The maximum Gasteiger partial charge on any atom is 0.405 e. The Kier molecular flexibility index (Phi) is 11.9. The van der Waals surface area contributed by atoms with Crippen LogP contribution in [-0.4, -0.2) is 95.8 Å². The van der Waals surface area contributed by atoms with Crippen molar-refractivity contribution in [1.29, 1.82) is 0 Å². The maximum absolute atomic E-state index is 13.8. The smallest absolute Gasteiger partial charge is 0.405 e. The number of piperidine rings is 1. The third-order valence-corrected chi connectivity index (χ3v) is 9.35. The maximum atomic E-state index is 13.8. The zero-order valence-electron chi connectivity index (χ0n) is 25.7. The minimum absolute atomic E-state index is 0.0448. The Morgan fingerprint density at radius 1 is 1.07 bits per heavy atom. The summed E-state index contributed by atoms with van der Waals surface area (Å²) in [5.41, 5.74) is -0.744. The van der Waals surface area contributed by atoms with Gasteiger partial charge < -0.3 is 30.3 Å². The Balaban J connectivity index is 1.22. The lowest BCUT2D eigenvalue weighted by Crippen LogP contribution is -2.75. The van der Waals surface area contributed by atoms with Gasteiger partial charge in [0, 0.05) is 25.2 Å². The molecule has 44 heavy (non-hydrogen) atoms. The molecule has 3 fully saturated rings. The van der Waals surface area contributed by atoms with E-state index in [2.05, 4.69) is 17.1 Å². The zero-order valence-corrected chi connectivity index (χ0v) is 25.7. The second kappa shape index (κ2) is 15.4. The van der Waals surface area contributed by atoms with Gasteiger partial charge in [-0.05, 0) is 81.7 Å². The first-order chi connectivity index (χ1) is 21.0. The molecule has 0 aromatic heterocycles. The van der Waals surface area contributed by atoms with Crippen molar-refractivity contribution in [2.45, 2.75) is 101 Å². The molecule has 246 valence electrons. The van der Waals surface area contributed by atoms with Crippen LogP contribution in [0, 0.1) is 5.92 Å². The summed E-state index contributed by atoms with van der Waals surface area (Å²) in [6.07, 6.45) is 4.18. The number of benzene rings is 1. The number of ether oxygens (including phenoxy) is 1. The van der Waals surface area contributed by atoms with Crippen LogP contribution >= 0.6 is 0 Å². The molecule has 2 heterocycles. The van der Waals surface area contributed by atoms with Crippen molar-refractivity contribution in [2.24, 2.45) is 5.92 Å². The quantitative estimate of drug-likeness (QED) is 0.286. The number of rotatable bonds is 13. The Bertz CT molecular complexity index is 1100. The standard InChI is InChI=1S/C32H47F3N4O5/c1-2-3-18-39-29(42)26(27(40)23-9-5-4-6-10-23)37-30(43)31(39)15-19-38(20-16-31)17-7-8-21-44-25-13-11-24(12-14-25)28(41)36-22-32(33,34)35/h11-14,23,26-27,40H,2-10,15-22H2,1H3,(H,36,41)(H,37,43)/t26-,27-/m1/s1. The molecule has 1 aromatic rings. The summed E-state index contributed by atoms with van der Waals surface area (Å²) >= 11 is 0. The molecule has 0 radical (unpaired) electrons. The number of carbonyl (C=O) groups excluding carboxylic acids is 3. The summed E-state index contributed by atoms with van der Waals surface area (Å²) in [7, 11) is 0. The van der Waals surface area contributed by atoms with Crippen LogP contribution in [0.4, 0.5) is 13.2 Å². The lowest BCUT2D eigenvalue weighted by molar-refractivity contribution is -0.165. The molecule has 1 aromatic carbocycles. The number of piperazine rings is 1. The van der Waals surface area contributed by atoms with Crippen molar-refractivity contribution in [3.8, 4) is 5.75 Å². The summed E-state index contributed by atoms with van der Waals surface area (Å²) in [6.45, 7) is 3.87. The molecular formula is C32H47F3N4O5. The van der Waals surface area contributed by atoms with Crippen LogP contribution in [0.25, 0.3) is 0 Å². The fourth-order valence-electron chi connectivity index (χ4n) is 6.71. The number of unbranched alkanes of at least 4 members (excludes halogenated alkanes) is 2. The molecule has 3 aliphatic rings. The number of nitrogens with zero attached hydrogens (tertiary/aromatic N) is 2. The molecule has 2 saturated heterocycles. The Morgan fingerprint density at radius 2 is 1.75 bits per heavy atom. The van der Waals surface area contributed by atoms with Crippen molar-refractivity contribution < 1.29 is 37.4 Å². The topological polar surface area (TPSA) is 111 Å². The molecule has 2 aliphatic heterocycles. The molecule has 2 atom stereocenters. The fourth-order valence-corrected chi connectivity index (χ4v) is 6.71. The summed E-state index contributed by atoms with van der Waals surface area (Å²) < 4.78 is 42.6. The van der Waals surface area contributed by atoms with Crippen LogP contribution < -0.4 is 15.4 Å². The van der Waals surface area contributed by atoms with E-state index < -0.39 is 36.3 Å². The minimum Gasteiger partial charge on any atom is -0.494 e. The lowest BCUT2D eigenvalue weighted by atomic mass is 9.78. The van der Waals surface area contributed by atoms with Gasteiger partial charge in [0.05, 0.1) is 12.7 Å². The molecule has 1 saturated carbocycles. The van der Waals surface area contributed by atoms with E-state index in [4.69, 9.17) is 4.74 Å². The van der Waals surface area contributed by atoms with Crippen LogP contribution in [0.2, 0.25) is 0 Å². The monoisotopic (exact) mass is 624 g/mol. The number of hydrogen-bond donors (Lipinski definition) is 3. The van der Waals surface area contributed by atoms with Gasteiger partial charge in [0.1, 0.15) is 23.9 Å². The lowest BCUT2D eigenvalue weighted by Gasteiger charge is -2.52. The summed E-state index contributed by atoms with van der Waals surface area (Å²) in [5, 5.41) is 15.9. The van der Waals surface area contributed by atoms with E-state index in [0.29, 0.717) is 44.8 Å². The summed E-state index contributed by atoms with van der Waals surface area (Å²) in [6, 6.07) is 5.12. The Hall–Kier alpha value is -2.86. The number of aliphatic hydroxyl groups is 1. The van der Waals surface area contributed by atoms with Gasteiger partial charge in [-0.15, -0.1) is 0 Å². The highest BCUT2D eigenvalue weighted by Gasteiger charge is 2.55. The van der Waals surface area contributed by atoms with Crippen LogP contribution in [0.1, 0.15) is 87.9 Å². The van der Waals surface area contributed by atoms with E-state index in [0.717, 1.165) is 64.3 Å². The molecule has 1 spiro atoms. The first-order valence-corrected chi connectivity index (χ1v) is 16.1. The first kappa shape index (κ1) is 34.0. The molecule has 3 N–H and O–H groups in total. The molecular weight excluding hydrogens is 577 g/mol. The average molecular weight is 625 g/mol. The number of likely N-dealkylation sites (tertiary alicyclic amines) is 1. The largest absolute Gasteiger partial charge is 0.494 e. The van der Waals surface area contributed by atoms with Crippen molar-refractivity contribution in [3.05, 3.63) is 29.8 Å². The van der Waals surface area contributed by atoms with Gasteiger partial charge in [-0.2, -0.15) is 13.2 Å². The van der Waals surface area contributed by atoms with E-state index >= 15 is 0 Å². The van der Waals surface area contributed by atoms with Gasteiger partial charge in [-0.3, -0.25) is 14.4 Å². The summed E-state index contributed by atoms with van der Waals surface area (Å²) in [5.74, 6) is -0.494. The fraction of sp³-hybridized carbons (Fsp3) is 0.719. The molecule has 9 nitrogen and oxygen atoms in total. The normalized spacial score (nSPS) is 22.1. The average Bonchev–Trinajstić information content (AvgIpc) is 3.02. The van der Waals surface area contributed by atoms with E-state index in [1.54, 1.807) is 17.0 Å². The number of alkyl halides is 3. The van der Waals surface area contributed by atoms with E-state index in [9.17, 15) is 32.7 Å². The second-order valence-electron chi connectivity index (χ2n) is 12.4. The minimum atomic E-state index is -4.46. The predicted octanol–water partition coefficient (Wildman–Crippen LogP) is 4.04. The second-order valence-corrected chi connectivity index (χ2v) is 12.4. The van der Waals surface area contributed by atoms with Gasteiger partial charge >= 0.3 is 6.18 Å². The van der Waals surface area contributed by atoms with E-state index in [1.165, 1.54) is 12.1 Å². The highest BCUT2D eigenvalue weighted by Crippen LogP contribution is 2.36. The number of halogens is 3. The Morgan fingerprint density at radius 3 is 2.39 bits per heavy atom. The molecule has 0 bridgehead atoms. The van der Waals surface area contributed by atoms with E-state index in [1.807, 2.05) is 5.32 Å². The number of hydrogen-bond acceptors (Lipinski definition) is 6. The summed E-state index contributed by atoms with van der Waals surface area (Å²) in [4.78, 5) is 43.3. The molecule has 4 rings (SSSR count).